The minimum Gasteiger partial charge on any atom is -0.443 e. The van der Waals surface area contributed by atoms with Gasteiger partial charge in [-0.25, -0.2) is 4.98 Å². The molecule has 0 amide bonds. The van der Waals surface area contributed by atoms with E-state index in [0.29, 0.717) is 21.4 Å². The van der Waals surface area contributed by atoms with Gasteiger partial charge in [-0.05, 0) is 24.6 Å². The first-order valence-corrected chi connectivity index (χ1v) is 4.78. The normalized spacial score (nSPS) is 10.5. The third-order valence-corrected chi connectivity index (χ3v) is 2.46. The van der Waals surface area contributed by atoms with E-state index < -0.39 is 0 Å². The number of rotatable bonds is 1. The maximum atomic E-state index is 6.05. The van der Waals surface area contributed by atoms with E-state index in [1.54, 1.807) is 6.20 Å². The molecular weight excluding hydrogens is 221 g/mol. The summed E-state index contributed by atoms with van der Waals surface area (Å²) in [6.07, 6.45) is 2.93. The van der Waals surface area contributed by atoms with Gasteiger partial charge in [0.05, 0.1) is 21.8 Å². The van der Waals surface area contributed by atoms with E-state index in [0.717, 1.165) is 5.56 Å². The number of aryl methyl sites for hydroxylation is 1. The Morgan fingerprint density at radius 3 is 2.36 bits per heavy atom. The molecule has 1 heterocycles. The number of halogens is 2. The molecule has 0 fully saturated rings. The Morgan fingerprint density at radius 1 is 1.21 bits per heavy atom. The number of hydrogen-bond donors (Lipinski definition) is 0. The lowest BCUT2D eigenvalue weighted by Crippen LogP contribution is -1.81. The van der Waals surface area contributed by atoms with Crippen molar-refractivity contribution < 1.29 is 4.42 Å². The summed E-state index contributed by atoms with van der Waals surface area (Å²) in [5, 5.41) is 1.15. The van der Waals surface area contributed by atoms with Gasteiger partial charge >= 0.3 is 0 Å². The molecule has 72 valence electrons. The Bertz CT molecular complexity index is 428. The van der Waals surface area contributed by atoms with Crippen molar-refractivity contribution in [3.63, 3.8) is 0 Å². The first-order chi connectivity index (χ1) is 6.68. The quantitative estimate of drug-likeness (QED) is 0.738. The standard InChI is InChI=1S/C10H7Cl2NO/c1-6-2-7(11)10(8(12)3-6)9-4-13-5-14-9/h2-5H,1H3. The van der Waals surface area contributed by atoms with Gasteiger partial charge in [-0.3, -0.25) is 0 Å². The maximum absolute atomic E-state index is 6.05. The zero-order valence-electron chi connectivity index (χ0n) is 7.42. The van der Waals surface area contributed by atoms with Crippen molar-refractivity contribution in [3.05, 3.63) is 40.3 Å². The lowest BCUT2D eigenvalue weighted by molar-refractivity contribution is 0.572. The summed E-state index contributed by atoms with van der Waals surface area (Å²) < 4.78 is 5.14. The smallest absolute Gasteiger partial charge is 0.181 e. The molecule has 0 aliphatic heterocycles. The average molecular weight is 228 g/mol. The topological polar surface area (TPSA) is 26.0 Å². The summed E-state index contributed by atoms with van der Waals surface area (Å²) in [7, 11) is 0. The zero-order valence-corrected chi connectivity index (χ0v) is 8.93. The summed E-state index contributed by atoms with van der Waals surface area (Å²) >= 11 is 12.1. The van der Waals surface area contributed by atoms with Gasteiger partial charge in [-0.1, -0.05) is 23.2 Å². The van der Waals surface area contributed by atoms with Crippen LogP contribution in [-0.4, -0.2) is 4.98 Å². The van der Waals surface area contributed by atoms with Gasteiger partial charge in [0, 0.05) is 0 Å². The van der Waals surface area contributed by atoms with Crippen LogP contribution in [0.5, 0.6) is 0 Å². The molecule has 0 N–H and O–H groups in total. The minimum absolute atomic E-state index is 0.576. The van der Waals surface area contributed by atoms with Gasteiger partial charge in [0.15, 0.2) is 12.2 Å². The largest absolute Gasteiger partial charge is 0.443 e. The number of benzene rings is 1. The van der Waals surface area contributed by atoms with E-state index >= 15 is 0 Å². The van der Waals surface area contributed by atoms with Crippen LogP contribution < -0.4 is 0 Å². The predicted octanol–water partition coefficient (Wildman–Crippen LogP) is 3.96. The van der Waals surface area contributed by atoms with Gasteiger partial charge in [0.2, 0.25) is 0 Å². The monoisotopic (exact) mass is 227 g/mol. The number of nitrogens with zero attached hydrogens (tertiary/aromatic N) is 1. The van der Waals surface area contributed by atoms with Crippen molar-refractivity contribution in [3.8, 4) is 11.3 Å². The van der Waals surface area contributed by atoms with Crippen LogP contribution in [0, 0.1) is 6.92 Å². The summed E-state index contributed by atoms with van der Waals surface area (Å²) in [5.41, 5.74) is 1.71. The number of hydrogen-bond acceptors (Lipinski definition) is 2. The highest BCUT2D eigenvalue weighted by Crippen LogP contribution is 2.35. The molecule has 2 aromatic rings. The van der Waals surface area contributed by atoms with Crippen molar-refractivity contribution in [2.75, 3.05) is 0 Å². The van der Waals surface area contributed by atoms with Gasteiger partial charge in [-0.15, -0.1) is 0 Å². The van der Waals surface area contributed by atoms with E-state index in [4.69, 9.17) is 27.6 Å². The van der Waals surface area contributed by atoms with E-state index in [9.17, 15) is 0 Å². The van der Waals surface area contributed by atoms with Gasteiger partial charge in [0.1, 0.15) is 0 Å². The molecular formula is C10H7Cl2NO. The van der Waals surface area contributed by atoms with Crippen molar-refractivity contribution in [1.82, 2.24) is 4.98 Å². The third kappa shape index (κ3) is 1.63. The van der Waals surface area contributed by atoms with E-state index in [-0.39, 0.29) is 0 Å². The molecule has 2 rings (SSSR count). The Labute approximate surface area is 91.5 Å². The highest BCUT2D eigenvalue weighted by molar-refractivity contribution is 6.39. The molecule has 0 bridgehead atoms. The molecule has 0 unspecified atom stereocenters. The van der Waals surface area contributed by atoms with Crippen molar-refractivity contribution in [2.24, 2.45) is 0 Å². The molecule has 14 heavy (non-hydrogen) atoms. The first-order valence-electron chi connectivity index (χ1n) is 4.03. The number of oxazole rings is 1. The molecule has 1 aromatic carbocycles. The Morgan fingerprint density at radius 2 is 1.86 bits per heavy atom. The van der Waals surface area contributed by atoms with Crippen LogP contribution in [0.25, 0.3) is 11.3 Å². The highest BCUT2D eigenvalue weighted by Gasteiger charge is 2.11. The second-order valence-electron chi connectivity index (χ2n) is 2.97. The third-order valence-electron chi connectivity index (χ3n) is 1.87. The van der Waals surface area contributed by atoms with E-state index in [1.807, 2.05) is 19.1 Å². The van der Waals surface area contributed by atoms with Crippen LogP contribution in [0.4, 0.5) is 0 Å². The fraction of sp³-hybridized carbons (Fsp3) is 0.100. The van der Waals surface area contributed by atoms with E-state index in [1.165, 1.54) is 6.39 Å². The molecule has 0 radical (unpaired) electrons. The van der Waals surface area contributed by atoms with Crippen LogP contribution in [0.15, 0.2) is 29.1 Å². The van der Waals surface area contributed by atoms with Crippen LogP contribution in [0.3, 0.4) is 0 Å². The zero-order chi connectivity index (χ0) is 10.1. The second kappa shape index (κ2) is 3.64. The molecule has 0 saturated carbocycles. The molecule has 0 aliphatic rings. The van der Waals surface area contributed by atoms with Crippen LogP contribution in [-0.2, 0) is 0 Å². The molecule has 0 spiro atoms. The van der Waals surface area contributed by atoms with E-state index in [2.05, 4.69) is 4.98 Å². The Kier molecular flexibility index (Phi) is 2.48. The fourth-order valence-corrected chi connectivity index (χ4v) is 2.06. The summed E-state index contributed by atoms with van der Waals surface area (Å²) in [4.78, 5) is 3.82. The summed E-state index contributed by atoms with van der Waals surface area (Å²) in [6, 6.07) is 3.68. The summed E-state index contributed by atoms with van der Waals surface area (Å²) in [6.45, 7) is 1.93. The Hall–Kier alpha value is -0.990. The van der Waals surface area contributed by atoms with Gasteiger partial charge in [0.25, 0.3) is 0 Å². The second-order valence-corrected chi connectivity index (χ2v) is 3.78. The van der Waals surface area contributed by atoms with Gasteiger partial charge in [-0.2, -0.15) is 0 Å². The van der Waals surface area contributed by atoms with Crippen LogP contribution >= 0.6 is 23.2 Å². The van der Waals surface area contributed by atoms with Crippen LogP contribution in [0.2, 0.25) is 10.0 Å². The first kappa shape index (κ1) is 9.56. The highest BCUT2D eigenvalue weighted by atomic mass is 35.5. The maximum Gasteiger partial charge on any atom is 0.181 e. The summed E-state index contributed by atoms with van der Waals surface area (Å²) in [5.74, 6) is 0.583. The van der Waals surface area contributed by atoms with Crippen molar-refractivity contribution in [2.45, 2.75) is 6.92 Å². The average Bonchev–Trinajstić information content (AvgIpc) is 2.54. The molecule has 0 aliphatic carbocycles. The number of aromatic nitrogens is 1. The lowest BCUT2D eigenvalue weighted by Gasteiger charge is -2.04. The van der Waals surface area contributed by atoms with Crippen molar-refractivity contribution in [1.29, 1.82) is 0 Å². The molecule has 4 heteroatoms. The SMILES string of the molecule is Cc1cc(Cl)c(-c2cnco2)c(Cl)c1. The molecule has 0 saturated heterocycles. The molecule has 2 nitrogen and oxygen atoms in total. The minimum atomic E-state index is 0.576. The van der Waals surface area contributed by atoms with Gasteiger partial charge < -0.3 is 4.42 Å². The predicted molar refractivity (Wildman–Crippen MR) is 56.7 cm³/mol. The Balaban J connectivity index is 2.64. The molecule has 0 atom stereocenters. The fourth-order valence-electron chi connectivity index (χ4n) is 1.27. The van der Waals surface area contributed by atoms with Crippen molar-refractivity contribution >= 4 is 23.2 Å². The lowest BCUT2D eigenvalue weighted by atomic mass is 10.1. The molecule has 1 aromatic heterocycles. The van der Waals surface area contributed by atoms with Crippen LogP contribution in [0.1, 0.15) is 5.56 Å².